The van der Waals surface area contributed by atoms with Crippen LogP contribution in [0.3, 0.4) is 0 Å². The van der Waals surface area contributed by atoms with Gasteiger partial charge in [0.05, 0.1) is 37.6 Å². The first kappa shape index (κ1) is 20.0. The second-order valence-electron chi connectivity index (χ2n) is 5.15. The third-order valence-corrected chi connectivity index (χ3v) is 3.51. The van der Waals surface area contributed by atoms with E-state index < -0.39 is 17.4 Å². The summed E-state index contributed by atoms with van der Waals surface area (Å²) in [4.78, 5) is 22.7. The van der Waals surface area contributed by atoms with Crippen molar-refractivity contribution in [3.8, 4) is 0 Å². The lowest BCUT2D eigenvalue weighted by Crippen LogP contribution is -2.34. The minimum absolute atomic E-state index is 0.317. The Kier molecular flexibility index (Phi) is 10.6. The van der Waals surface area contributed by atoms with Crippen molar-refractivity contribution in [2.45, 2.75) is 44.9 Å². The monoisotopic (exact) mass is 314 g/mol. The van der Waals surface area contributed by atoms with Gasteiger partial charge in [0, 0.05) is 0 Å². The Morgan fingerprint density at radius 3 is 1.68 bits per heavy atom. The van der Waals surface area contributed by atoms with Crippen LogP contribution >= 0.6 is 0 Å². The number of hydrogen-bond acceptors (Lipinski definition) is 4. The Balaban J connectivity index is 4.55. The molecule has 0 rings (SSSR count). The molecule has 0 aliphatic rings. The normalized spacial score (nSPS) is 10.7. The number of rotatable bonds is 15. The van der Waals surface area contributed by atoms with E-state index in [4.69, 9.17) is 14.6 Å². The molecule has 22 heavy (non-hydrogen) atoms. The first-order chi connectivity index (χ1) is 10.5. The second kappa shape index (κ2) is 11.7. The Morgan fingerprint density at radius 1 is 0.909 bits per heavy atom. The minimum atomic E-state index is -1.23. The van der Waals surface area contributed by atoms with E-state index in [1.54, 1.807) is 0 Å². The van der Waals surface area contributed by atoms with Crippen molar-refractivity contribution in [1.82, 2.24) is 0 Å². The molecule has 0 saturated heterocycles. The molecule has 6 heteroatoms. The van der Waals surface area contributed by atoms with E-state index in [0.717, 1.165) is 0 Å². The van der Waals surface area contributed by atoms with E-state index >= 15 is 0 Å². The number of unbranched alkanes of at least 4 members (excludes halogenated alkanes) is 2. The molecule has 0 saturated carbocycles. The molecule has 0 aliphatic heterocycles. The largest absolute Gasteiger partial charge is 0.502 e. The van der Waals surface area contributed by atoms with Crippen LogP contribution in [0.5, 0.6) is 0 Å². The molecule has 0 fully saturated rings. The highest BCUT2D eigenvalue weighted by Crippen LogP contribution is 2.35. The van der Waals surface area contributed by atoms with E-state index in [1.165, 1.54) is 12.5 Å². The van der Waals surface area contributed by atoms with Crippen molar-refractivity contribution in [2.75, 3.05) is 13.2 Å². The van der Waals surface area contributed by atoms with E-state index in [9.17, 15) is 14.7 Å². The summed E-state index contributed by atoms with van der Waals surface area (Å²) in [6.45, 7) is 7.77. The number of aliphatic carboxylic acids is 2. The molecule has 0 radical (unpaired) electrons. The fraction of sp³-hybridized carbons (Fsp3) is 0.625. The number of hydrogen-bond donors (Lipinski definition) is 2. The van der Waals surface area contributed by atoms with Gasteiger partial charge in [-0.15, -0.1) is 0 Å². The molecule has 0 aromatic carbocycles. The van der Waals surface area contributed by atoms with Gasteiger partial charge in [0.25, 0.3) is 0 Å². The molecule has 126 valence electrons. The van der Waals surface area contributed by atoms with E-state index in [2.05, 4.69) is 13.2 Å². The average Bonchev–Trinajstić information content (AvgIpc) is 2.45. The summed E-state index contributed by atoms with van der Waals surface area (Å²) >= 11 is 0. The van der Waals surface area contributed by atoms with Crippen molar-refractivity contribution < 1.29 is 29.3 Å². The van der Waals surface area contributed by atoms with E-state index in [0.29, 0.717) is 51.7 Å². The van der Waals surface area contributed by atoms with Crippen LogP contribution in [0, 0.1) is 5.41 Å². The van der Waals surface area contributed by atoms with Crippen molar-refractivity contribution in [2.24, 2.45) is 5.41 Å². The van der Waals surface area contributed by atoms with Gasteiger partial charge in [0.1, 0.15) is 0 Å². The van der Waals surface area contributed by atoms with Crippen LogP contribution in [-0.4, -0.2) is 35.4 Å². The number of carboxylic acid groups (broad SMARTS) is 2. The van der Waals surface area contributed by atoms with Gasteiger partial charge in [-0.1, -0.05) is 13.2 Å². The number of carbonyl (C=O) groups is 2. The molecule has 0 amide bonds. The summed E-state index contributed by atoms with van der Waals surface area (Å²) < 4.78 is 9.98. The lowest BCUT2D eigenvalue weighted by atomic mass is 9.75. The quantitative estimate of drug-likeness (QED) is 0.356. The van der Waals surface area contributed by atoms with Crippen LogP contribution in [0.1, 0.15) is 44.9 Å². The molecule has 6 nitrogen and oxygen atoms in total. The van der Waals surface area contributed by atoms with Crippen LogP contribution in [0.25, 0.3) is 0 Å². The van der Waals surface area contributed by atoms with Gasteiger partial charge in [-0.3, -0.25) is 9.59 Å². The zero-order valence-corrected chi connectivity index (χ0v) is 13.0. The summed E-state index contributed by atoms with van der Waals surface area (Å²) in [7, 11) is 0. The van der Waals surface area contributed by atoms with Crippen LogP contribution in [0.2, 0.25) is 0 Å². The van der Waals surface area contributed by atoms with Crippen molar-refractivity contribution in [3.05, 3.63) is 25.7 Å². The van der Waals surface area contributed by atoms with Crippen LogP contribution < -0.4 is 0 Å². The maximum absolute atomic E-state index is 11.6. The molecule has 0 unspecified atom stereocenters. The molecular weight excluding hydrogens is 288 g/mol. The van der Waals surface area contributed by atoms with Crippen molar-refractivity contribution >= 4 is 11.9 Å². The minimum Gasteiger partial charge on any atom is -0.502 e. The predicted octanol–water partition coefficient (Wildman–Crippen LogP) is 3.19. The fourth-order valence-corrected chi connectivity index (χ4v) is 2.34. The van der Waals surface area contributed by atoms with Gasteiger partial charge in [0.15, 0.2) is 0 Å². The van der Waals surface area contributed by atoms with Gasteiger partial charge in [-0.25, -0.2) is 0 Å². The molecule has 0 spiro atoms. The van der Waals surface area contributed by atoms with Crippen molar-refractivity contribution in [3.63, 3.8) is 0 Å². The average molecular weight is 314 g/mol. The first-order valence-electron chi connectivity index (χ1n) is 7.38. The Bertz CT molecular complexity index is 346. The highest BCUT2D eigenvalue weighted by Gasteiger charge is 2.39. The maximum atomic E-state index is 11.6. The van der Waals surface area contributed by atoms with Crippen LogP contribution in [0.15, 0.2) is 25.7 Å². The summed E-state index contributed by atoms with van der Waals surface area (Å²) in [5.74, 6) is -2.14. The van der Waals surface area contributed by atoms with Gasteiger partial charge in [-0.05, 0) is 38.5 Å². The summed E-state index contributed by atoms with van der Waals surface area (Å²) in [6, 6.07) is 0. The topological polar surface area (TPSA) is 93.1 Å². The lowest BCUT2D eigenvalue weighted by Gasteiger charge is -2.28. The fourth-order valence-electron chi connectivity index (χ4n) is 2.34. The second-order valence-corrected chi connectivity index (χ2v) is 5.15. The van der Waals surface area contributed by atoms with Gasteiger partial charge in [0.2, 0.25) is 0 Å². The number of ether oxygens (including phenoxy) is 2. The molecule has 0 aromatic rings. The highest BCUT2D eigenvalue weighted by atomic mass is 16.5. The zero-order valence-electron chi connectivity index (χ0n) is 13.0. The molecule has 0 aliphatic carbocycles. The Labute approximate surface area is 131 Å². The van der Waals surface area contributed by atoms with Crippen molar-refractivity contribution in [1.29, 1.82) is 0 Å². The molecule has 0 aromatic heterocycles. The van der Waals surface area contributed by atoms with Crippen LogP contribution in [-0.2, 0) is 19.1 Å². The Hall–Kier alpha value is -1.98. The standard InChI is InChI=1S/C16H26O6/c1-3-21-11-7-5-9-16(15(19)20,13-14(17)18)10-6-8-12-22-4-2/h3-4H,1-2,5-13H2,(H,17,18)(H,19,20). The third kappa shape index (κ3) is 8.34. The molecule has 0 atom stereocenters. The molecule has 0 bridgehead atoms. The summed E-state index contributed by atoms with van der Waals surface area (Å²) in [6.07, 6.45) is 5.46. The van der Waals surface area contributed by atoms with Crippen LogP contribution in [0.4, 0.5) is 0 Å². The van der Waals surface area contributed by atoms with Gasteiger partial charge in [-0.2, -0.15) is 0 Å². The predicted molar refractivity (Wildman–Crippen MR) is 82.3 cm³/mol. The Morgan fingerprint density at radius 2 is 1.36 bits per heavy atom. The summed E-state index contributed by atoms with van der Waals surface area (Å²) in [5, 5.41) is 18.6. The SMILES string of the molecule is C=COCCCCC(CCCCOC=C)(CC(=O)O)C(=O)O. The first-order valence-corrected chi connectivity index (χ1v) is 7.38. The maximum Gasteiger partial charge on any atom is 0.310 e. The van der Waals surface area contributed by atoms with E-state index in [1.807, 2.05) is 0 Å². The molecule has 2 N–H and O–H groups in total. The highest BCUT2D eigenvalue weighted by molar-refractivity contribution is 5.81. The third-order valence-electron chi connectivity index (χ3n) is 3.51. The molecular formula is C16H26O6. The van der Waals surface area contributed by atoms with E-state index in [-0.39, 0.29) is 6.42 Å². The lowest BCUT2D eigenvalue weighted by molar-refractivity contribution is -0.157. The van der Waals surface area contributed by atoms with Gasteiger partial charge < -0.3 is 19.7 Å². The van der Waals surface area contributed by atoms with Gasteiger partial charge >= 0.3 is 11.9 Å². The summed E-state index contributed by atoms with van der Waals surface area (Å²) in [5.41, 5.74) is -1.23. The molecule has 0 heterocycles. The smallest absolute Gasteiger partial charge is 0.310 e. The number of carboxylic acids is 2. The zero-order chi connectivity index (χ0) is 16.8.